The van der Waals surface area contributed by atoms with Gasteiger partial charge in [-0.2, -0.15) is 0 Å². The van der Waals surface area contributed by atoms with Gasteiger partial charge in [-0.3, -0.25) is 4.79 Å². The Labute approximate surface area is 125 Å². The maximum Gasteiger partial charge on any atom is 0.221 e. The Morgan fingerprint density at radius 2 is 2.10 bits per heavy atom. The van der Waals surface area contributed by atoms with Gasteiger partial charge in [-0.1, -0.05) is 25.1 Å². The van der Waals surface area contributed by atoms with Crippen molar-refractivity contribution in [2.24, 2.45) is 0 Å². The van der Waals surface area contributed by atoms with Crippen LogP contribution in [0.5, 0.6) is 0 Å². The molecule has 0 aliphatic heterocycles. The topological polar surface area (TPSA) is 54.3 Å². The first-order valence-corrected chi connectivity index (χ1v) is 7.59. The lowest BCUT2D eigenvalue weighted by Gasteiger charge is -2.11. The highest BCUT2D eigenvalue weighted by molar-refractivity contribution is 5.82. The van der Waals surface area contributed by atoms with Gasteiger partial charge in [0.2, 0.25) is 5.91 Å². The lowest BCUT2D eigenvalue weighted by Crippen LogP contribution is -2.33. The predicted molar refractivity (Wildman–Crippen MR) is 85.2 cm³/mol. The van der Waals surface area contributed by atoms with Crippen LogP contribution in [-0.4, -0.2) is 18.5 Å². The maximum atomic E-state index is 11.7. The zero-order valence-electron chi connectivity index (χ0n) is 13.0. The van der Waals surface area contributed by atoms with E-state index in [9.17, 15) is 4.79 Å². The summed E-state index contributed by atoms with van der Waals surface area (Å²) < 4.78 is 5.73. The van der Waals surface area contributed by atoms with Crippen molar-refractivity contribution in [3.05, 3.63) is 35.6 Å². The minimum absolute atomic E-state index is 0.102. The average molecular weight is 288 g/mol. The molecule has 21 heavy (non-hydrogen) atoms. The van der Waals surface area contributed by atoms with E-state index in [2.05, 4.69) is 23.6 Å². The normalized spacial score (nSPS) is 12.5. The Hall–Kier alpha value is -1.81. The Kier molecular flexibility index (Phi) is 5.39. The van der Waals surface area contributed by atoms with Crippen molar-refractivity contribution in [2.75, 3.05) is 6.54 Å². The molecule has 1 unspecified atom stereocenters. The molecule has 0 bridgehead atoms. The number of hydrogen-bond acceptors (Lipinski definition) is 3. The number of carbonyl (C=O) groups excluding carboxylic acids is 1. The molecule has 0 fully saturated rings. The first kappa shape index (κ1) is 15.6. The molecule has 0 aliphatic rings. The number of para-hydroxylation sites is 1. The molecule has 1 aromatic carbocycles. The van der Waals surface area contributed by atoms with Crippen molar-refractivity contribution in [3.63, 3.8) is 0 Å². The molecule has 0 saturated heterocycles. The molecule has 1 heterocycles. The number of hydrogen-bond donors (Lipinski definition) is 2. The number of amides is 1. The van der Waals surface area contributed by atoms with Crippen LogP contribution in [0.1, 0.15) is 38.0 Å². The van der Waals surface area contributed by atoms with Gasteiger partial charge in [-0.25, -0.2) is 0 Å². The molecule has 4 nitrogen and oxygen atoms in total. The first-order chi connectivity index (χ1) is 10.1. The minimum Gasteiger partial charge on any atom is -0.461 e. The number of carbonyl (C=O) groups is 1. The molecule has 2 rings (SSSR count). The monoisotopic (exact) mass is 288 g/mol. The van der Waals surface area contributed by atoms with Gasteiger partial charge in [-0.15, -0.1) is 0 Å². The summed E-state index contributed by atoms with van der Waals surface area (Å²) >= 11 is 0. The summed E-state index contributed by atoms with van der Waals surface area (Å²) in [5, 5.41) is 7.43. The van der Waals surface area contributed by atoms with Crippen LogP contribution in [0.2, 0.25) is 0 Å². The second-order valence-corrected chi connectivity index (χ2v) is 5.44. The third-order valence-electron chi connectivity index (χ3n) is 3.75. The number of nitrogens with one attached hydrogen (secondary N) is 2. The Morgan fingerprint density at radius 1 is 1.33 bits per heavy atom. The quantitative estimate of drug-likeness (QED) is 0.770. The van der Waals surface area contributed by atoms with Crippen LogP contribution in [0.3, 0.4) is 0 Å². The van der Waals surface area contributed by atoms with Crippen LogP contribution < -0.4 is 10.6 Å². The summed E-state index contributed by atoms with van der Waals surface area (Å²) in [5.41, 5.74) is 2.09. The molecule has 0 saturated carbocycles. The zero-order valence-corrected chi connectivity index (χ0v) is 13.0. The summed E-state index contributed by atoms with van der Waals surface area (Å²) in [6.07, 6.45) is 1.46. The van der Waals surface area contributed by atoms with Gasteiger partial charge in [-0.05, 0) is 26.3 Å². The van der Waals surface area contributed by atoms with Gasteiger partial charge in [0, 0.05) is 36.5 Å². The molecule has 1 aromatic heterocycles. The molecule has 1 amide bonds. The van der Waals surface area contributed by atoms with Crippen LogP contribution in [0.25, 0.3) is 11.0 Å². The van der Waals surface area contributed by atoms with Gasteiger partial charge in [0.1, 0.15) is 11.3 Å². The van der Waals surface area contributed by atoms with E-state index < -0.39 is 0 Å². The van der Waals surface area contributed by atoms with E-state index in [-0.39, 0.29) is 11.9 Å². The smallest absolute Gasteiger partial charge is 0.221 e. The summed E-state index contributed by atoms with van der Waals surface area (Å²) in [7, 11) is 0. The number of rotatable bonds is 7. The molecule has 2 N–H and O–H groups in total. The van der Waals surface area contributed by atoms with Gasteiger partial charge in [0.15, 0.2) is 0 Å². The highest BCUT2D eigenvalue weighted by Crippen LogP contribution is 2.24. The van der Waals surface area contributed by atoms with Gasteiger partial charge in [0.05, 0.1) is 0 Å². The van der Waals surface area contributed by atoms with Crippen LogP contribution in [0.4, 0.5) is 0 Å². The van der Waals surface area contributed by atoms with E-state index in [0.717, 1.165) is 29.7 Å². The van der Waals surface area contributed by atoms with Crippen LogP contribution >= 0.6 is 0 Å². The fourth-order valence-corrected chi connectivity index (χ4v) is 2.31. The molecular formula is C17H24N2O2. The maximum absolute atomic E-state index is 11.7. The van der Waals surface area contributed by atoms with Crippen molar-refractivity contribution in [2.45, 2.75) is 46.2 Å². The number of aryl methyl sites for hydroxylation is 1. The van der Waals surface area contributed by atoms with Crippen molar-refractivity contribution in [1.82, 2.24) is 10.6 Å². The Bertz CT molecular complexity index is 604. The van der Waals surface area contributed by atoms with E-state index in [1.165, 1.54) is 5.56 Å². The molecule has 4 heteroatoms. The molecule has 0 aliphatic carbocycles. The summed E-state index contributed by atoms with van der Waals surface area (Å²) in [5.74, 6) is 1.04. The largest absolute Gasteiger partial charge is 0.461 e. The summed E-state index contributed by atoms with van der Waals surface area (Å²) in [6.45, 7) is 7.45. The SMILES string of the molecule is CCC(C)NC(=O)CCNCc1c(C)oc2ccccc12. The number of benzene rings is 1. The van der Waals surface area contributed by atoms with Crippen molar-refractivity contribution >= 4 is 16.9 Å². The Morgan fingerprint density at radius 3 is 2.86 bits per heavy atom. The summed E-state index contributed by atoms with van der Waals surface area (Å²) in [4.78, 5) is 11.7. The van der Waals surface area contributed by atoms with E-state index >= 15 is 0 Å². The van der Waals surface area contributed by atoms with Crippen molar-refractivity contribution in [1.29, 1.82) is 0 Å². The van der Waals surface area contributed by atoms with E-state index in [1.54, 1.807) is 0 Å². The van der Waals surface area contributed by atoms with Crippen LogP contribution in [-0.2, 0) is 11.3 Å². The van der Waals surface area contributed by atoms with Crippen molar-refractivity contribution in [3.8, 4) is 0 Å². The second-order valence-electron chi connectivity index (χ2n) is 5.44. The zero-order chi connectivity index (χ0) is 15.2. The molecule has 0 radical (unpaired) electrons. The van der Waals surface area contributed by atoms with Gasteiger partial charge in [0.25, 0.3) is 0 Å². The van der Waals surface area contributed by atoms with E-state index in [0.29, 0.717) is 13.0 Å². The van der Waals surface area contributed by atoms with Gasteiger partial charge >= 0.3 is 0 Å². The number of furan rings is 1. The Balaban J connectivity index is 1.83. The average Bonchev–Trinajstić information content (AvgIpc) is 2.79. The second kappa shape index (κ2) is 7.27. The highest BCUT2D eigenvalue weighted by atomic mass is 16.3. The van der Waals surface area contributed by atoms with Gasteiger partial charge < -0.3 is 15.1 Å². The molecular weight excluding hydrogens is 264 g/mol. The minimum atomic E-state index is 0.102. The molecule has 0 spiro atoms. The fourth-order valence-electron chi connectivity index (χ4n) is 2.31. The predicted octanol–water partition coefficient (Wildman–Crippen LogP) is 3.14. The van der Waals surface area contributed by atoms with Crippen molar-refractivity contribution < 1.29 is 9.21 Å². The standard InChI is InChI=1S/C17H24N2O2/c1-4-12(2)19-17(20)9-10-18-11-15-13(3)21-16-8-6-5-7-14(15)16/h5-8,12,18H,4,9-11H2,1-3H3,(H,19,20). The number of fused-ring (bicyclic) bond motifs is 1. The first-order valence-electron chi connectivity index (χ1n) is 7.59. The lowest BCUT2D eigenvalue weighted by atomic mass is 10.1. The third-order valence-corrected chi connectivity index (χ3v) is 3.75. The van der Waals surface area contributed by atoms with Crippen LogP contribution in [0.15, 0.2) is 28.7 Å². The molecule has 1 atom stereocenters. The lowest BCUT2D eigenvalue weighted by molar-refractivity contribution is -0.121. The summed E-state index contributed by atoms with van der Waals surface area (Å²) in [6, 6.07) is 8.28. The highest BCUT2D eigenvalue weighted by Gasteiger charge is 2.10. The van der Waals surface area contributed by atoms with Crippen LogP contribution in [0, 0.1) is 6.92 Å². The fraction of sp³-hybridized carbons (Fsp3) is 0.471. The third kappa shape index (κ3) is 4.08. The van der Waals surface area contributed by atoms with E-state index in [1.807, 2.05) is 32.0 Å². The van der Waals surface area contributed by atoms with E-state index in [4.69, 9.17) is 4.42 Å². The molecule has 2 aromatic rings. The molecule has 114 valence electrons.